The number of anilines is 1. The van der Waals surface area contributed by atoms with Crippen molar-refractivity contribution in [2.45, 2.75) is 114 Å². The van der Waals surface area contributed by atoms with Crippen molar-refractivity contribution in [2.24, 2.45) is 0 Å². The van der Waals surface area contributed by atoms with E-state index in [9.17, 15) is 30.2 Å². The highest BCUT2D eigenvalue weighted by Gasteiger charge is 2.57. The number of rotatable bonds is 24. The van der Waals surface area contributed by atoms with E-state index in [2.05, 4.69) is 22.0 Å². The van der Waals surface area contributed by atoms with Gasteiger partial charge in [-0.1, -0.05) is 77.6 Å². The lowest BCUT2D eigenvalue weighted by Crippen LogP contribution is -2.45. The molecule has 0 bridgehead atoms. The van der Waals surface area contributed by atoms with Gasteiger partial charge in [0, 0.05) is 18.9 Å². The molecule has 3 aromatic heterocycles. The summed E-state index contributed by atoms with van der Waals surface area (Å²) in [5, 5.41) is 45.1. The summed E-state index contributed by atoms with van der Waals surface area (Å²) in [5.41, 5.74) is 4.61. The van der Waals surface area contributed by atoms with Gasteiger partial charge in [0.1, 0.15) is 48.9 Å². The lowest BCUT2D eigenvalue weighted by molar-refractivity contribution is -0.0755. The summed E-state index contributed by atoms with van der Waals surface area (Å²) in [6.07, 6.45) is 11.4. The minimum atomic E-state index is -4.89. The van der Waals surface area contributed by atoms with Crippen molar-refractivity contribution in [1.29, 1.82) is 10.5 Å². The second kappa shape index (κ2) is 20.5. The maximum atomic E-state index is 13.0. The number of aromatic nitrogens is 4. The normalized spacial score (nSPS) is 21.8. The average Bonchev–Trinajstić information content (AvgIpc) is 3.69. The van der Waals surface area contributed by atoms with Crippen molar-refractivity contribution in [3.8, 4) is 18.0 Å². The number of aliphatic hydroxyl groups is 2. The molecule has 52 heavy (non-hydrogen) atoms. The first-order chi connectivity index (χ1) is 25.1. The molecule has 4 rings (SSSR count). The Balaban J connectivity index is 1.26. The maximum absolute atomic E-state index is 13.0. The van der Waals surface area contributed by atoms with E-state index in [1.807, 2.05) is 6.07 Å². The van der Waals surface area contributed by atoms with Gasteiger partial charge in [0.25, 0.3) is 0 Å². The van der Waals surface area contributed by atoms with Crippen molar-refractivity contribution >= 4 is 19.2 Å². The van der Waals surface area contributed by atoms with E-state index < -0.39 is 51.1 Å². The lowest BCUT2D eigenvalue weighted by Gasteiger charge is -2.26. The van der Waals surface area contributed by atoms with Gasteiger partial charge >= 0.3 is 7.82 Å². The standard InChI is InChI=1S/C35H50N7O9P/c1-2-3-4-5-6-7-8-9-10-11-12-13-18-47-21-27(50-30-19-26(20-36)16-17-39-30)22-48-52(45,46)49-24-35(23-37)33(44)31(43)32(51-35)28-14-15-29-34(38)40-25-41-42(28)29/h14-17,19,25,27,31-33,43-44H,2-13,18,21-22,24H2,1H3,(H,45,46)(H2,38,40,41)/t27-,31+,32+,33+,35-/m1/s1. The third kappa shape index (κ3) is 11.7. The van der Waals surface area contributed by atoms with E-state index in [0.717, 1.165) is 19.3 Å². The number of nitriles is 2. The third-order valence-corrected chi connectivity index (χ3v) is 9.83. The topological polar surface area (TPSA) is 241 Å². The molecule has 1 aliphatic rings. The number of nitrogens with zero attached hydrogens (tertiary/aromatic N) is 6. The van der Waals surface area contributed by atoms with E-state index in [-0.39, 0.29) is 24.0 Å². The number of nitrogens with two attached hydrogens (primary N) is 1. The zero-order valence-corrected chi connectivity index (χ0v) is 30.5. The number of unbranched alkanes of at least 4 members (excludes halogenated alkanes) is 11. The molecule has 16 nitrogen and oxygen atoms in total. The van der Waals surface area contributed by atoms with Crippen LogP contribution in [0.25, 0.3) is 5.52 Å². The quantitative estimate of drug-likeness (QED) is 0.0702. The molecule has 0 radical (unpaired) electrons. The average molecular weight is 744 g/mol. The first-order valence-corrected chi connectivity index (χ1v) is 19.4. The smallest absolute Gasteiger partial charge is 0.469 e. The van der Waals surface area contributed by atoms with Crippen LogP contribution in [-0.4, -0.2) is 85.0 Å². The number of nitrogen functional groups attached to an aromatic ring is 1. The molecule has 3 aromatic rings. The van der Waals surface area contributed by atoms with Crippen molar-refractivity contribution in [1.82, 2.24) is 19.6 Å². The fourth-order valence-corrected chi connectivity index (χ4v) is 6.74. The van der Waals surface area contributed by atoms with E-state index in [0.29, 0.717) is 17.7 Å². The van der Waals surface area contributed by atoms with Gasteiger partial charge in [-0.2, -0.15) is 15.6 Å². The highest BCUT2D eigenvalue weighted by molar-refractivity contribution is 7.47. The Bertz CT molecular complexity index is 1680. The van der Waals surface area contributed by atoms with Gasteiger partial charge in [-0.05, 0) is 24.6 Å². The summed E-state index contributed by atoms with van der Waals surface area (Å²) in [4.78, 5) is 18.6. The Kier molecular flexibility index (Phi) is 16.2. The molecule has 1 fully saturated rings. The summed E-state index contributed by atoms with van der Waals surface area (Å²) >= 11 is 0. The monoisotopic (exact) mass is 743 g/mol. The van der Waals surface area contributed by atoms with Gasteiger partial charge in [-0.25, -0.2) is 19.0 Å². The van der Waals surface area contributed by atoms with E-state index >= 15 is 0 Å². The van der Waals surface area contributed by atoms with E-state index in [1.165, 1.54) is 93.0 Å². The molecule has 17 heteroatoms. The SMILES string of the molecule is CCCCCCCCCCCCCCOC[C@H](COP(=O)(O)OC[C@@]1(C#N)O[C@@H](c2ccc3c(N)ncnn23)[C@H](O)[C@@H]1O)Oc1cc(C#N)ccn1. The molecule has 4 heterocycles. The van der Waals surface area contributed by atoms with Crippen LogP contribution >= 0.6 is 7.82 Å². The number of fused-ring (bicyclic) bond motifs is 1. The Morgan fingerprint density at radius 2 is 1.69 bits per heavy atom. The molecule has 0 amide bonds. The van der Waals surface area contributed by atoms with Crippen LogP contribution in [0.5, 0.6) is 5.88 Å². The Morgan fingerprint density at radius 3 is 2.37 bits per heavy atom. The van der Waals surface area contributed by atoms with Gasteiger partial charge in [-0.3, -0.25) is 9.05 Å². The van der Waals surface area contributed by atoms with Crippen LogP contribution in [0.2, 0.25) is 0 Å². The molecule has 1 saturated heterocycles. The Morgan fingerprint density at radius 1 is 1.00 bits per heavy atom. The molecule has 1 unspecified atom stereocenters. The van der Waals surface area contributed by atoms with Gasteiger partial charge in [-0.15, -0.1) is 0 Å². The molecule has 0 saturated carbocycles. The maximum Gasteiger partial charge on any atom is 0.472 e. The summed E-state index contributed by atoms with van der Waals surface area (Å²) in [5.74, 6) is 0.249. The van der Waals surface area contributed by atoms with Crippen molar-refractivity contribution in [3.05, 3.63) is 48.0 Å². The van der Waals surface area contributed by atoms with Crippen LogP contribution in [0, 0.1) is 22.7 Å². The molecule has 0 aliphatic carbocycles. The molecular formula is C35H50N7O9P. The molecule has 0 spiro atoms. The highest BCUT2D eigenvalue weighted by Crippen LogP contribution is 2.47. The number of pyridine rings is 1. The van der Waals surface area contributed by atoms with Gasteiger partial charge in [0.2, 0.25) is 11.5 Å². The van der Waals surface area contributed by atoms with Crippen molar-refractivity contribution in [2.75, 3.05) is 32.2 Å². The molecule has 284 valence electrons. The fraction of sp³-hybridized carbons (Fsp3) is 0.629. The molecule has 5 N–H and O–H groups in total. The number of hydrogen-bond acceptors (Lipinski definition) is 14. The van der Waals surface area contributed by atoms with Crippen LogP contribution in [0.1, 0.15) is 101 Å². The van der Waals surface area contributed by atoms with Crippen LogP contribution in [0.4, 0.5) is 5.82 Å². The Labute approximate surface area is 304 Å². The van der Waals surface area contributed by atoms with Gasteiger partial charge in [0.05, 0.1) is 30.5 Å². The van der Waals surface area contributed by atoms with Crippen LogP contribution in [0.3, 0.4) is 0 Å². The minimum Gasteiger partial charge on any atom is -0.469 e. The number of phosphoric acid groups is 1. The van der Waals surface area contributed by atoms with Crippen molar-refractivity contribution < 1.29 is 42.9 Å². The van der Waals surface area contributed by atoms with Crippen LogP contribution < -0.4 is 10.5 Å². The number of hydrogen-bond donors (Lipinski definition) is 4. The molecule has 0 aromatic carbocycles. The zero-order valence-electron chi connectivity index (χ0n) is 29.6. The minimum absolute atomic E-state index is 0.0202. The second-order valence-corrected chi connectivity index (χ2v) is 14.4. The summed E-state index contributed by atoms with van der Waals surface area (Å²) in [6, 6.07) is 9.81. The predicted molar refractivity (Wildman–Crippen MR) is 189 cm³/mol. The van der Waals surface area contributed by atoms with Crippen molar-refractivity contribution in [3.63, 3.8) is 0 Å². The summed E-state index contributed by atoms with van der Waals surface area (Å²) in [6.45, 7) is 1.23. The highest BCUT2D eigenvalue weighted by atomic mass is 31.2. The van der Waals surface area contributed by atoms with Gasteiger partial charge < -0.3 is 35.1 Å². The first kappa shape index (κ1) is 41.1. The fourth-order valence-electron chi connectivity index (χ4n) is 5.96. The second-order valence-electron chi connectivity index (χ2n) is 12.9. The van der Waals surface area contributed by atoms with E-state index in [1.54, 1.807) is 12.1 Å². The summed E-state index contributed by atoms with van der Waals surface area (Å²) in [7, 11) is -4.89. The zero-order chi connectivity index (χ0) is 37.4. The van der Waals surface area contributed by atoms with Crippen LogP contribution in [-0.2, 0) is 23.1 Å². The largest absolute Gasteiger partial charge is 0.472 e. The summed E-state index contributed by atoms with van der Waals surface area (Å²) < 4.78 is 42.2. The molecular weight excluding hydrogens is 693 g/mol. The van der Waals surface area contributed by atoms with Gasteiger partial charge in [0.15, 0.2) is 5.82 Å². The number of aliphatic hydroxyl groups excluding tert-OH is 2. The first-order valence-electron chi connectivity index (χ1n) is 17.9. The number of ether oxygens (including phenoxy) is 3. The molecule has 1 aliphatic heterocycles. The molecule has 6 atom stereocenters. The predicted octanol–water partition coefficient (Wildman–Crippen LogP) is 4.93. The Hall–Kier alpha value is -3.70. The van der Waals surface area contributed by atoms with Crippen LogP contribution in [0.15, 0.2) is 36.8 Å². The number of phosphoric ester groups is 1. The lowest BCUT2D eigenvalue weighted by atomic mass is 9.96. The third-order valence-electron chi connectivity index (χ3n) is 8.90. The van der Waals surface area contributed by atoms with E-state index in [4.69, 9.17) is 29.0 Å².